The molecule has 19 heavy (non-hydrogen) atoms. The summed E-state index contributed by atoms with van der Waals surface area (Å²) in [5.74, 6) is -0.191. The van der Waals surface area contributed by atoms with Crippen LogP contribution in [0.25, 0.3) is 0 Å². The molecule has 0 N–H and O–H groups in total. The second-order valence-corrected chi connectivity index (χ2v) is 5.82. The second kappa shape index (κ2) is 4.97. The second-order valence-electron chi connectivity index (χ2n) is 5.35. The highest BCUT2D eigenvalue weighted by atomic mass is 35.5. The summed E-state index contributed by atoms with van der Waals surface area (Å²) in [6.07, 6.45) is 2.06. The van der Waals surface area contributed by atoms with Crippen LogP contribution in [-0.2, 0) is 16.1 Å². The van der Waals surface area contributed by atoms with E-state index in [9.17, 15) is 9.59 Å². The topological polar surface area (TPSA) is 37.4 Å². The monoisotopic (exact) mass is 277 g/mol. The van der Waals surface area contributed by atoms with Crippen molar-refractivity contribution in [3.8, 4) is 0 Å². The van der Waals surface area contributed by atoms with Crippen LogP contribution in [-0.4, -0.2) is 28.0 Å². The molecule has 1 saturated carbocycles. The maximum atomic E-state index is 12.3. The number of nitrogens with zero attached hydrogens (tertiary/aromatic N) is 1. The molecule has 1 heterocycles. The molecule has 3 atom stereocenters. The summed E-state index contributed by atoms with van der Waals surface area (Å²) in [6, 6.07) is 10.1. The molecule has 1 aliphatic carbocycles. The number of carbonyl (C=O) groups excluding carboxylic acids is 2. The van der Waals surface area contributed by atoms with Crippen molar-refractivity contribution < 1.29 is 9.59 Å². The number of hydrogen-bond acceptors (Lipinski definition) is 2. The molecule has 1 amide bonds. The molecule has 1 aromatic carbocycles. The van der Waals surface area contributed by atoms with Crippen LogP contribution in [0, 0.1) is 5.92 Å². The highest BCUT2D eigenvalue weighted by Crippen LogP contribution is 2.36. The standard InChI is InChI=1S/C15H16ClNO2/c16-14-12-8-11(6-7-13(12)18)17(15(14)19)9-10-4-2-1-3-5-10/h1-5,11-12,14H,6-9H2/t11-,12-,14+/m1/s1. The Hall–Kier alpha value is -1.35. The van der Waals surface area contributed by atoms with Gasteiger partial charge in [0.2, 0.25) is 5.91 Å². The number of amides is 1. The van der Waals surface area contributed by atoms with Crippen molar-refractivity contribution >= 4 is 23.3 Å². The Bertz CT molecular complexity index is 502. The molecular weight excluding hydrogens is 262 g/mol. The lowest BCUT2D eigenvalue weighted by Gasteiger charge is -2.44. The largest absolute Gasteiger partial charge is 0.334 e. The molecule has 0 spiro atoms. The first-order chi connectivity index (χ1) is 9.16. The van der Waals surface area contributed by atoms with Crippen molar-refractivity contribution in [1.29, 1.82) is 0 Å². The van der Waals surface area contributed by atoms with Crippen LogP contribution in [0.3, 0.4) is 0 Å². The first-order valence-corrected chi connectivity index (χ1v) is 7.11. The van der Waals surface area contributed by atoms with E-state index in [1.54, 1.807) is 0 Å². The summed E-state index contributed by atoms with van der Waals surface area (Å²) in [7, 11) is 0. The molecule has 0 radical (unpaired) electrons. The lowest BCUT2D eigenvalue weighted by molar-refractivity contribution is -0.146. The number of hydrogen-bond donors (Lipinski definition) is 0. The lowest BCUT2D eigenvalue weighted by Crippen LogP contribution is -2.56. The molecule has 1 saturated heterocycles. The Morgan fingerprint density at radius 2 is 1.95 bits per heavy atom. The summed E-state index contributed by atoms with van der Waals surface area (Å²) in [5.41, 5.74) is 1.11. The first kappa shape index (κ1) is 12.7. The van der Waals surface area contributed by atoms with Crippen molar-refractivity contribution in [3.05, 3.63) is 35.9 Å². The minimum atomic E-state index is -0.673. The maximum absolute atomic E-state index is 12.3. The number of alkyl halides is 1. The predicted octanol–water partition coefficient (Wildman–Crippen LogP) is 2.37. The van der Waals surface area contributed by atoms with Gasteiger partial charge in [-0.2, -0.15) is 0 Å². The molecule has 0 unspecified atom stereocenters. The molecular formula is C15H16ClNO2. The van der Waals surface area contributed by atoms with Gasteiger partial charge in [-0.3, -0.25) is 9.59 Å². The molecule has 4 heteroatoms. The number of piperidine rings is 1. The summed E-state index contributed by atoms with van der Waals surface area (Å²) in [4.78, 5) is 26.0. The van der Waals surface area contributed by atoms with E-state index in [1.807, 2.05) is 35.2 Å². The van der Waals surface area contributed by atoms with Crippen LogP contribution in [0.15, 0.2) is 30.3 Å². The minimum absolute atomic E-state index is 0.0835. The third kappa shape index (κ3) is 2.27. The molecule has 2 bridgehead atoms. The Balaban J connectivity index is 1.82. The number of halogens is 1. The van der Waals surface area contributed by atoms with Crippen LogP contribution < -0.4 is 0 Å². The average Bonchev–Trinajstić information content (AvgIpc) is 2.44. The first-order valence-electron chi connectivity index (χ1n) is 6.68. The summed E-state index contributed by atoms with van der Waals surface area (Å²) in [5, 5.41) is -0.673. The summed E-state index contributed by atoms with van der Waals surface area (Å²) in [6.45, 7) is 0.592. The van der Waals surface area contributed by atoms with Crippen molar-refractivity contribution in [1.82, 2.24) is 4.90 Å². The highest BCUT2D eigenvalue weighted by Gasteiger charge is 2.46. The van der Waals surface area contributed by atoms with Gasteiger partial charge >= 0.3 is 0 Å². The number of ketones is 1. The average molecular weight is 278 g/mol. The van der Waals surface area contributed by atoms with E-state index in [2.05, 4.69) is 0 Å². The van der Waals surface area contributed by atoms with Crippen molar-refractivity contribution in [3.63, 3.8) is 0 Å². The third-order valence-corrected chi connectivity index (χ3v) is 4.66. The fraction of sp³-hybridized carbons (Fsp3) is 0.467. The van der Waals surface area contributed by atoms with Crippen molar-refractivity contribution in [2.45, 2.75) is 37.2 Å². The van der Waals surface area contributed by atoms with Gasteiger partial charge in [0.1, 0.15) is 11.2 Å². The predicted molar refractivity (Wildman–Crippen MR) is 72.8 cm³/mol. The summed E-state index contributed by atoms with van der Waals surface area (Å²) < 4.78 is 0. The van der Waals surface area contributed by atoms with Crippen LogP contribution >= 0.6 is 11.6 Å². The Morgan fingerprint density at radius 3 is 2.68 bits per heavy atom. The highest BCUT2D eigenvalue weighted by molar-refractivity contribution is 6.32. The quantitative estimate of drug-likeness (QED) is 0.779. The zero-order chi connectivity index (χ0) is 13.4. The zero-order valence-electron chi connectivity index (χ0n) is 10.6. The number of likely N-dealkylation sites (tertiary alicyclic amines) is 1. The Morgan fingerprint density at radius 1 is 1.21 bits per heavy atom. The van der Waals surface area contributed by atoms with Crippen LogP contribution in [0.5, 0.6) is 0 Å². The summed E-state index contributed by atoms with van der Waals surface area (Å²) >= 11 is 6.18. The van der Waals surface area contributed by atoms with E-state index < -0.39 is 5.38 Å². The van der Waals surface area contributed by atoms with Crippen LogP contribution in [0.1, 0.15) is 24.8 Å². The molecule has 3 rings (SSSR count). The van der Waals surface area contributed by atoms with Gasteiger partial charge in [-0.1, -0.05) is 30.3 Å². The van der Waals surface area contributed by atoms with Gasteiger partial charge < -0.3 is 4.90 Å². The van der Waals surface area contributed by atoms with Gasteiger partial charge in [-0.15, -0.1) is 11.6 Å². The molecule has 1 aliphatic heterocycles. The Kier molecular flexibility index (Phi) is 3.31. The van der Waals surface area contributed by atoms with E-state index in [0.29, 0.717) is 13.0 Å². The molecule has 0 aromatic heterocycles. The third-order valence-electron chi connectivity index (χ3n) is 4.17. The van der Waals surface area contributed by atoms with E-state index in [0.717, 1.165) is 18.4 Å². The van der Waals surface area contributed by atoms with E-state index in [4.69, 9.17) is 11.6 Å². The molecule has 1 aromatic rings. The van der Waals surface area contributed by atoms with Gasteiger partial charge in [0.05, 0.1) is 0 Å². The SMILES string of the molecule is O=C1CC[C@@H]2C[C@H]1[C@H](Cl)C(=O)N2Cc1ccccc1. The van der Waals surface area contributed by atoms with Gasteiger partial charge in [-0.05, 0) is 18.4 Å². The smallest absolute Gasteiger partial charge is 0.241 e. The minimum Gasteiger partial charge on any atom is -0.334 e. The van der Waals surface area contributed by atoms with Gasteiger partial charge in [-0.25, -0.2) is 0 Å². The van der Waals surface area contributed by atoms with Crippen molar-refractivity contribution in [2.24, 2.45) is 5.92 Å². The van der Waals surface area contributed by atoms with Gasteiger partial charge in [0, 0.05) is 24.9 Å². The number of rotatable bonds is 2. The molecule has 2 aliphatic rings. The molecule has 2 fully saturated rings. The number of Topliss-reactive ketones (excluding diaryl/α,β-unsaturated/α-hetero) is 1. The Labute approximate surface area is 117 Å². The lowest BCUT2D eigenvalue weighted by atomic mass is 9.78. The molecule has 100 valence electrons. The fourth-order valence-corrected chi connectivity index (χ4v) is 3.47. The molecule has 3 nitrogen and oxygen atoms in total. The fourth-order valence-electron chi connectivity index (χ4n) is 3.10. The van der Waals surface area contributed by atoms with Gasteiger partial charge in [0.15, 0.2) is 0 Å². The van der Waals surface area contributed by atoms with Crippen LogP contribution in [0.4, 0.5) is 0 Å². The van der Waals surface area contributed by atoms with Crippen molar-refractivity contribution in [2.75, 3.05) is 0 Å². The maximum Gasteiger partial charge on any atom is 0.241 e. The van der Waals surface area contributed by atoms with Gasteiger partial charge in [0.25, 0.3) is 0 Å². The van der Waals surface area contributed by atoms with E-state index >= 15 is 0 Å². The number of fused-ring (bicyclic) bond motifs is 2. The van der Waals surface area contributed by atoms with E-state index in [1.165, 1.54) is 0 Å². The number of benzene rings is 1. The zero-order valence-corrected chi connectivity index (χ0v) is 11.3. The van der Waals surface area contributed by atoms with Crippen LogP contribution in [0.2, 0.25) is 0 Å². The normalized spacial score (nSPS) is 30.6. The number of carbonyl (C=O) groups is 2. The van der Waals surface area contributed by atoms with E-state index in [-0.39, 0.29) is 23.7 Å².